The third-order valence-corrected chi connectivity index (χ3v) is 7.40. The smallest absolute Gasteiger partial charge is 0.339 e. The lowest BCUT2D eigenvalue weighted by molar-refractivity contribution is -0.118. The molecular formula is C22H18ClN3O4S2. The number of rotatable bonds is 5. The van der Waals surface area contributed by atoms with E-state index in [4.69, 9.17) is 15.8 Å². The Morgan fingerprint density at radius 2 is 1.94 bits per heavy atom. The van der Waals surface area contributed by atoms with E-state index >= 15 is 0 Å². The number of nitrogens with one attached hydrogen (secondary N) is 1. The number of amidine groups is 1. The fraction of sp³-hybridized carbons (Fsp3) is 0.136. The molecule has 164 valence electrons. The van der Waals surface area contributed by atoms with Crippen LogP contribution in [0.4, 0.5) is 0 Å². The van der Waals surface area contributed by atoms with Gasteiger partial charge in [0.2, 0.25) is 5.91 Å². The van der Waals surface area contributed by atoms with Gasteiger partial charge >= 0.3 is 10.1 Å². The fourth-order valence-corrected chi connectivity index (χ4v) is 5.00. The Balaban J connectivity index is 1.73. The maximum atomic E-state index is 12.9. The monoisotopic (exact) mass is 487 g/mol. The summed E-state index contributed by atoms with van der Waals surface area (Å²) >= 11 is 7.36. The van der Waals surface area contributed by atoms with Crippen LogP contribution in [0.3, 0.4) is 0 Å². The molecule has 1 heterocycles. The van der Waals surface area contributed by atoms with E-state index in [-0.39, 0.29) is 21.8 Å². The standard InChI is InChI=1S/C22H18ClN3O4S2/c1-13-7-9-16(11-19(13)23)32(28,29)30-20-10-8-15-5-3-4-6-17(15)18(20)12-24-26-22-25-21(27)14(2)31-22/h3-12,14H,1-2H3,(H,25,26,27)/t14-/m0/s1. The molecular weight excluding hydrogens is 470 g/mol. The van der Waals surface area contributed by atoms with Gasteiger partial charge in [0, 0.05) is 10.6 Å². The van der Waals surface area contributed by atoms with Crippen LogP contribution in [0, 0.1) is 6.92 Å². The Kier molecular flexibility index (Phi) is 6.23. The van der Waals surface area contributed by atoms with Crippen LogP contribution in [0.25, 0.3) is 10.8 Å². The van der Waals surface area contributed by atoms with Crippen LogP contribution in [0.2, 0.25) is 5.02 Å². The van der Waals surface area contributed by atoms with Crippen molar-refractivity contribution in [2.45, 2.75) is 24.0 Å². The van der Waals surface area contributed by atoms with Crippen LogP contribution in [-0.4, -0.2) is 31.0 Å². The highest BCUT2D eigenvalue weighted by Crippen LogP contribution is 2.30. The summed E-state index contributed by atoms with van der Waals surface area (Å²) in [6, 6.07) is 15.2. The van der Waals surface area contributed by atoms with Crippen molar-refractivity contribution in [3.63, 3.8) is 0 Å². The number of aryl methyl sites for hydroxylation is 1. The van der Waals surface area contributed by atoms with Crippen LogP contribution < -0.4 is 9.50 Å². The summed E-state index contributed by atoms with van der Waals surface area (Å²) < 4.78 is 31.3. The SMILES string of the molecule is Cc1ccc(S(=O)(=O)Oc2ccc3ccccc3c2C=NN=C2NC(=O)[C@H](C)S2)cc1Cl. The molecule has 3 aromatic carbocycles. The Bertz CT molecular complexity index is 1390. The minimum atomic E-state index is -4.14. The van der Waals surface area contributed by atoms with E-state index in [0.717, 1.165) is 16.3 Å². The molecule has 10 heteroatoms. The average molecular weight is 488 g/mol. The second-order valence-electron chi connectivity index (χ2n) is 7.05. The van der Waals surface area contributed by atoms with E-state index in [0.29, 0.717) is 15.8 Å². The van der Waals surface area contributed by atoms with Crippen LogP contribution in [0.5, 0.6) is 5.75 Å². The number of amides is 1. The number of hydrogen-bond donors (Lipinski definition) is 1. The quantitative estimate of drug-likeness (QED) is 0.324. The predicted octanol–water partition coefficient (Wildman–Crippen LogP) is 4.51. The molecule has 32 heavy (non-hydrogen) atoms. The molecule has 1 aliphatic rings. The number of benzene rings is 3. The summed E-state index contributed by atoms with van der Waals surface area (Å²) in [4.78, 5) is 11.6. The average Bonchev–Trinajstić information content (AvgIpc) is 3.08. The van der Waals surface area contributed by atoms with Gasteiger partial charge in [0.05, 0.1) is 11.5 Å². The highest BCUT2D eigenvalue weighted by Gasteiger charge is 2.26. The Labute approximate surface area is 194 Å². The number of carbonyl (C=O) groups is 1. The molecule has 0 bridgehead atoms. The molecule has 0 saturated carbocycles. The summed E-state index contributed by atoms with van der Waals surface area (Å²) in [6.07, 6.45) is 1.41. The molecule has 3 aromatic rings. The molecule has 1 atom stereocenters. The van der Waals surface area contributed by atoms with E-state index < -0.39 is 10.1 Å². The van der Waals surface area contributed by atoms with Gasteiger partial charge in [-0.15, -0.1) is 5.10 Å². The molecule has 0 aliphatic carbocycles. The van der Waals surface area contributed by atoms with Gasteiger partial charge in [0.25, 0.3) is 0 Å². The van der Waals surface area contributed by atoms with Crippen LogP contribution in [0.1, 0.15) is 18.1 Å². The third-order valence-electron chi connectivity index (χ3n) is 4.79. The Morgan fingerprint density at radius 1 is 1.16 bits per heavy atom. The van der Waals surface area contributed by atoms with Crippen LogP contribution in [0.15, 0.2) is 69.7 Å². The van der Waals surface area contributed by atoms with Gasteiger partial charge in [-0.05, 0) is 48.4 Å². The van der Waals surface area contributed by atoms with Gasteiger partial charge in [-0.1, -0.05) is 59.8 Å². The normalized spacial score (nSPS) is 17.9. The first kappa shape index (κ1) is 22.3. The van der Waals surface area contributed by atoms with Crippen LogP contribution >= 0.6 is 23.4 Å². The van der Waals surface area contributed by atoms with Crippen LogP contribution in [-0.2, 0) is 14.9 Å². The number of fused-ring (bicyclic) bond motifs is 1. The first-order chi connectivity index (χ1) is 15.2. The van der Waals surface area contributed by atoms with Gasteiger partial charge in [0.1, 0.15) is 4.90 Å². The molecule has 1 N–H and O–H groups in total. The van der Waals surface area contributed by atoms with E-state index in [2.05, 4.69) is 15.5 Å². The molecule has 0 unspecified atom stereocenters. The zero-order chi connectivity index (χ0) is 22.9. The Morgan fingerprint density at radius 3 is 2.66 bits per heavy atom. The largest absolute Gasteiger partial charge is 0.378 e. The number of thioether (sulfide) groups is 1. The molecule has 0 radical (unpaired) electrons. The molecule has 1 fully saturated rings. The first-order valence-electron chi connectivity index (χ1n) is 9.55. The lowest BCUT2D eigenvalue weighted by atomic mass is 10.0. The van der Waals surface area contributed by atoms with E-state index in [1.54, 1.807) is 32.0 Å². The fourth-order valence-electron chi connectivity index (χ4n) is 3.02. The van der Waals surface area contributed by atoms with E-state index in [1.165, 1.54) is 30.1 Å². The van der Waals surface area contributed by atoms with Gasteiger partial charge < -0.3 is 9.50 Å². The van der Waals surface area contributed by atoms with E-state index in [1.807, 2.05) is 24.3 Å². The molecule has 1 aliphatic heterocycles. The van der Waals surface area contributed by atoms with Crippen molar-refractivity contribution < 1.29 is 17.4 Å². The van der Waals surface area contributed by atoms with Crippen molar-refractivity contribution in [2.75, 3.05) is 0 Å². The predicted molar refractivity (Wildman–Crippen MR) is 128 cm³/mol. The summed E-state index contributed by atoms with van der Waals surface area (Å²) in [5.41, 5.74) is 1.20. The highest BCUT2D eigenvalue weighted by atomic mass is 35.5. The molecule has 0 spiro atoms. The zero-order valence-electron chi connectivity index (χ0n) is 17.1. The number of hydrogen-bond acceptors (Lipinski definition) is 7. The van der Waals surface area contributed by atoms with Gasteiger partial charge in [-0.25, -0.2) is 0 Å². The van der Waals surface area contributed by atoms with Crippen molar-refractivity contribution in [3.8, 4) is 5.75 Å². The highest BCUT2D eigenvalue weighted by molar-refractivity contribution is 8.15. The van der Waals surface area contributed by atoms with Crippen molar-refractivity contribution in [2.24, 2.45) is 10.2 Å². The number of halogens is 1. The van der Waals surface area contributed by atoms with Crippen molar-refractivity contribution in [1.29, 1.82) is 0 Å². The summed E-state index contributed by atoms with van der Waals surface area (Å²) in [7, 11) is -4.14. The summed E-state index contributed by atoms with van der Waals surface area (Å²) in [5.74, 6) is -0.0400. The maximum Gasteiger partial charge on any atom is 0.339 e. The summed E-state index contributed by atoms with van der Waals surface area (Å²) in [5, 5.41) is 12.8. The van der Waals surface area contributed by atoms with Gasteiger partial charge in [-0.3, -0.25) is 4.79 Å². The minimum Gasteiger partial charge on any atom is -0.378 e. The van der Waals surface area contributed by atoms with Crippen molar-refractivity contribution in [1.82, 2.24) is 5.32 Å². The van der Waals surface area contributed by atoms with Crippen molar-refractivity contribution in [3.05, 3.63) is 70.7 Å². The molecule has 4 rings (SSSR count). The lowest BCUT2D eigenvalue weighted by Gasteiger charge is -2.12. The molecule has 1 saturated heterocycles. The third kappa shape index (κ3) is 4.64. The summed E-state index contributed by atoms with van der Waals surface area (Å²) in [6.45, 7) is 3.55. The number of carbonyl (C=O) groups excluding carboxylic acids is 1. The van der Waals surface area contributed by atoms with Crippen molar-refractivity contribution >= 4 is 61.5 Å². The number of nitrogens with zero attached hydrogens (tertiary/aromatic N) is 2. The topological polar surface area (TPSA) is 97.2 Å². The minimum absolute atomic E-state index is 0.0524. The second-order valence-corrected chi connectivity index (χ2v) is 10.3. The molecule has 7 nitrogen and oxygen atoms in total. The second kappa shape index (κ2) is 8.93. The molecule has 0 aromatic heterocycles. The molecule has 1 amide bonds. The van der Waals surface area contributed by atoms with E-state index in [9.17, 15) is 13.2 Å². The zero-order valence-corrected chi connectivity index (χ0v) is 19.5. The first-order valence-corrected chi connectivity index (χ1v) is 12.2. The van der Waals surface area contributed by atoms with Gasteiger partial charge in [0.15, 0.2) is 10.9 Å². The lowest BCUT2D eigenvalue weighted by Crippen LogP contribution is -2.23. The van der Waals surface area contributed by atoms with Gasteiger partial charge in [-0.2, -0.15) is 13.5 Å². The Hall–Kier alpha value is -2.88. The maximum absolute atomic E-state index is 12.9.